The SMILES string of the molecule is CCC(C#N)C(=O)NCc1ccc(C#N)cc1. The van der Waals surface area contributed by atoms with Gasteiger partial charge in [-0.2, -0.15) is 10.5 Å². The molecule has 1 N–H and O–H groups in total. The first kappa shape index (κ1) is 12.7. The van der Waals surface area contributed by atoms with Gasteiger partial charge in [0.25, 0.3) is 0 Å². The molecule has 1 atom stereocenters. The lowest BCUT2D eigenvalue weighted by molar-refractivity contribution is -0.123. The van der Waals surface area contributed by atoms with E-state index < -0.39 is 5.92 Å². The van der Waals surface area contributed by atoms with Crippen LogP contribution >= 0.6 is 0 Å². The van der Waals surface area contributed by atoms with Gasteiger partial charge in [0.05, 0.1) is 17.7 Å². The Morgan fingerprint density at radius 1 is 1.35 bits per heavy atom. The minimum atomic E-state index is -0.589. The first-order chi connectivity index (χ1) is 8.21. The van der Waals surface area contributed by atoms with Gasteiger partial charge in [-0.3, -0.25) is 4.79 Å². The molecule has 1 rings (SSSR count). The molecule has 0 radical (unpaired) electrons. The predicted molar refractivity (Wildman–Crippen MR) is 62.4 cm³/mol. The quantitative estimate of drug-likeness (QED) is 0.850. The highest BCUT2D eigenvalue weighted by Gasteiger charge is 2.14. The number of rotatable bonds is 4. The Labute approximate surface area is 100 Å². The minimum Gasteiger partial charge on any atom is -0.351 e. The highest BCUT2D eigenvalue weighted by Crippen LogP contribution is 2.04. The van der Waals surface area contributed by atoms with Gasteiger partial charge in [0.2, 0.25) is 5.91 Å². The molecule has 86 valence electrons. The van der Waals surface area contributed by atoms with Crippen LogP contribution < -0.4 is 5.32 Å². The molecule has 0 aromatic heterocycles. The molecule has 0 aliphatic carbocycles. The van der Waals surface area contributed by atoms with Gasteiger partial charge in [-0.05, 0) is 24.1 Å². The van der Waals surface area contributed by atoms with E-state index in [1.54, 1.807) is 31.2 Å². The highest BCUT2D eigenvalue weighted by molar-refractivity contribution is 5.80. The molecule has 1 amide bonds. The summed E-state index contributed by atoms with van der Waals surface area (Å²) >= 11 is 0. The van der Waals surface area contributed by atoms with Crippen molar-refractivity contribution >= 4 is 5.91 Å². The molecule has 0 heterocycles. The van der Waals surface area contributed by atoms with E-state index in [0.717, 1.165) is 5.56 Å². The van der Waals surface area contributed by atoms with Crippen molar-refractivity contribution in [1.29, 1.82) is 10.5 Å². The normalized spacial score (nSPS) is 11.0. The maximum Gasteiger partial charge on any atom is 0.237 e. The summed E-state index contributed by atoms with van der Waals surface area (Å²) in [6.45, 7) is 2.18. The Balaban J connectivity index is 2.54. The van der Waals surface area contributed by atoms with Crippen LogP contribution in [-0.4, -0.2) is 5.91 Å². The van der Waals surface area contributed by atoms with Crippen LogP contribution in [0.3, 0.4) is 0 Å². The minimum absolute atomic E-state index is 0.251. The lowest BCUT2D eigenvalue weighted by atomic mass is 10.1. The van der Waals surface area contributed by atoms with Gasteiger partial charge in [-0.1, -0.05) is 19.1 Å². The van der Waals surface area contributed by atoms with Crippen molar-refractivity contribution in [2.75, 3.05) is 0 Å². The number of amides is 1. The second-order valence-electron chi connectivity index (χ2n) is 3.62. The van der Waals surface area contributed by atoms with Crippen LogP contribution in [0.4, 0.5) is 0 Å². The number of hydrogen-bond acceptors (Lipinski definition) is 3. The molecule has 17 heavy (non-hydrogen) atoms. The van der Waals surface area contributed by atoms with E-state index in [0.29, 0.717) is 18.5 Å². The Morgan fingerprint density at radius 3 is 2.47 bits per heavy atom. The Bertz CT molecular complexity index is 465. The van der Waals surface area contributed by atoms with Crippen LogP contribution in [0.2, 0.25) is 0 Å². The third-order valence-corrected chi connectivity index (χ3v) is 2.43. The van der Waals surface area contributed by atoms with Crippen molar-refractivity contribution in [3.8, 4) is 12.1 Å². The number of carbonyl (C=O) groups is 1. The van der Waals surface area contributed by atoms with Crippen LogP contribution in [0.25, 0.3) is 0 Å². The average molecular weight is 227 g/mol. The van der Waals surface area contributed by atoms with Gasteiger partial charge in [0.1, 0.15) is 5.92 Å². The number of nitrogens with one attached hydrogen (secondary N) is 1. The monoisotopic (exact) mass is 227 g/mol. The van der Waals surface area contributed by atoms with Gasteiger partial charge < -0.3 is 5.32 Å². The smallest absolute Gasteiger partial charge is 0.237 e. The van der Waals surface area contributed by atoms with E-state index in [2.05, 4.69) is 5.32 Å². The lowest BCUT2D eigenvalue weighted by Gasteiger charge is -2.08. The predicted octanol–water partition coefficient (Wildman–Crippen LogP) is 1.72. The summed E-state index contributed by atoms with van der Waals surface area (Å²) in [5, 5.41) is 20.0. The molecule has 0 aliphatic rings. The second-order valence-corrected chi connectivity index (χ2v) is 3.62. The third-order valence-electron chi connectivity index (χ3n) is 2.43. The van der Waals surface area contributed by atoms with Crippen LogP contribution in [0, 0.1) is 28.6 Å². The topological polar surface area (TPSA) is 76.7 Å². The number of benzene rings is 1. The maximum atomic E-state index is 11.5. The molecule has 0 saturated heterocycles. The number of nitriles is 2. The fourth-order valence-corrected chi connectivity index (χ4v) is 1.34. The first-order valence-electron chi connectivity index (χ1n) is 5.37. The zero-order valence-corrected chi connectivity index (χ0v) is 9.60. The van der Waals surface area contributed by atoms with E-state index in [-0.39, 0.29) is 5.91 Å². The molecular weight excluding hydrogens is 214 g/mol. The van der Waals surface area contributed by atoms with Crippen LogP contribution in [0.15, 0.2) is 24.3 Å². The van der Waals surface area contributed by atoms with Crippen molar-refractivity contribution in [2.24, 2.45) is 5.92 Å². The summed E-state index contributed by atoms with van der Waals surface area (Å²) in [7, 11) is 0. The molecule has 1 aromatic rings. The summed E-state index contributed by atoms with van der Waals surface area (Å²) in [6, 6.07) is 10.9. The number of carbonyl (C=O) groups excluding carboxylic acids is 1. The molecule has 0 fully saturated rings. The highest BCUT2D eigenvalue weighted by atomic mass is 16.1. The standard InChI is InChI=1S/C13H13N3O/c1-2-12(8-15)13(17)16-9-11-5-3-10(7-14)4-6-11/h3-6,12H,2,9H2,1H3,(H,16,17). The van der Waals surface area contributed by atoms with E-state index in [9.17, 15) is 4.79 Å². The second kappa shape index (κ2) is 6.30. The zero-order valence-electron chi connectivity index (χ0n) is 9.60. The fraction of sp³-hybridized carbons (Fsp3) is 0.308. The third kappa shape index (κ3) is 3.62. The van der Waals surface area contributed by atoms with Crippen molar-refractivity contribution in [2.45, 2.75) is 19.9 Å². The van der Waals surface area contributed by atoms with E-state index >= 15 is 0 Å². The molecular formula is C13H13N3O. The fourth-order valence-electron chi connectivity index (χ4n) is 1.34. The maximum absolute atomic E-state index is 11.5. The summed E-state index contributed by atoms with van der Waals surface area (Å²) in [4.78, 5) is 11.5. The molecule has 4 nitrogen and oxygen atoms in total. The lowest BCUT2D eigenvalue weighted by Crippen LogP contribution is -2.29. The molecule has 4 heteroatoms. The van der Waals surface area contributed by atoms with Crippen molar-refractivity contribution in [3.63, 3.8) is 0 Å². The van der Waals surface area contributed by atoms with E-state index in [4.69, 9.17) is 10.5 Å². The Kier molecular flexibility index (Phi) is 4.72. The van der Waals surface area contributed by atoms with Crippen molar-refractivity contribution in [3.05, 3.63) is 35.4 Å². The summed E-state index contributed by atoms with van der Waals surface area (Å²) < 4.78 is 0. The van der Waals surface area contributed by atoms with Gasteiger partial charge in [0, 0.05) is 6.54 Å². The molecule has 0 bridgehead atoms. The van der Waals surface area contributed by atoms with Gasteiger partial charge in [-0.25, -0.2) is 0 Å². The molecule has 1 unspecified atom stereocenters. The van der Waals surface area contributed by atoms with Crippen LogP contribution in [0.5, 0.6) is 0 Å². The van der Waals surface area contributed by atoms with Crippen LogP contribution in [-0.2, 0) is 11.3 Å². The molecule has 1 aromatic carbocycles. The summed E-state index contributed by atoms with van der Waals surface area (Å²) in [5.41, 5.74) is 1.49. The van der Waals surface area contributed by atoms with Crippen molar-refractivity contribution < 1.29 is 4.79 Å². The average Bonchev–Trinajstić information content (AvgIpc) is 2.38. The van der Waals surface area contributed by atoms with E-state index in [1.807, 2.05) is 12.1 Å². The molecule has 0 spiro atoms. The summed E-state index contributed by atoms with van der Waals surface area (Å²) in [5.74, 6) is -0.840. The van der Waals surface area contributed by atoms with Crippen LogP contribution in [0.1, 0.15) is 24.5 Å². The Morgan fingerprint density at radius 2 is 2.00 bits per heavy atom. The first-order valence-corrected chi connectivity index (χ1v) is 5.37. The van der Waals surface area contributed by atoms with Gasteiger partial charge >= 0.3 is 0 Å². The zero-order chi connectivity index (χ0) is 12.7. The molecule has 0 saturated carbocycles. The summed E-state index contributed by atoms with van der Waals surface area (Å²) in [6.07, 6.45) is 0.510. The number of nitrogens with zero attached hydrogens (tertiary/aromatic N) is 2. The van der Waals surface area contributed by atoms with Gasteiger partial charge in [0.15, 0.2) is 0 Å². The number of hydrogen-bond donors (Lipinski definition) is 1. The molecule has 0 aliphatic heterocycles. The van der Waals surface area contributed by atoms with Gasteiger partial charge in [-0.15, -0.1) is 0 Å². The van der Waals surface area contributed by atoms with Crippen molar-refractivity contribution in [1.82, 2.24) is 5.32 Å². The largest absolute Gasteiger partial charge is 0.351 e. The van der Waals surface area contributed by atoms with E-state index in [1.165, 1.54) is 0 Å². The Hall–Kier alpha value is -2.33.